The molecule has 112 valence electrons. The van der Waals surface area contributed by atoms with Gasteiger partial charge in [-0.1, -0.05) is 58.0 Å². The molecule has 0 fully saturated rings. The van der Waals surface area contributed by atoms with Gasteiger partial charge in [-0.25, -0.2) is 4.79 Å². The van der Waals surface area contributed by atoms with Crippen LogP contribution in [-0.2, 0) is 6.61 Å². The Kier molecular flexibility index (Phi) is 5.17. The van der Waals surface area contributed by atoms with Crippen molar-refractivity contribution >= 4 is 64.0 Å². The zero-order valence-corrected chi connectivity index (χ0v) is 13.7. The zero-order chi connectivity index (χ0) is 15.7. The first-order valence-electron chi connectivity index (χ1n) is 5.27. The van der Waals surface area contributed by atoms with E-state index in [1.54, 1.807) is 0 Å². The summed E-state index contributed by atoms with van der Waals surface area (Å²) >= 11 is 29.6. The van der Waals surface area contributed by atoms with Crippen LogP contribution in [0, 0.1) is 0 Å². The molecule has 1 heterocycles. The molecule has 4 nitrogen and oxygen atoms in total. The first kappa shape index (κ1) is 16.6. The van der Waals surface area contributed by atoms with Crippen LogP contribution in [0.3, 0.4) is 0 Å². The molecule has 9 heteroatoms. The molecule has 1 N–H and O–H groups in total. The molecule has 0 spiro atoms. The number of halogens is 5. The van der Waals surface area contributed by atoms with Crippen LogP contribution in [0.4, 0.5) is 0 Å². The summed E-state index contributed by atoms with van der Waals surface area (Å²) in [5.41, 5.74) is -0.00188. The summed E-state index contributed by atoms with van der Waals surface area (Å²) in [6, 6.07) is 1.31. The van der Waals surface area contributed by atoms with Gasteiger partial charge in [-0.2, -0.15) is 0 Å². The third-order valence-electron chi connectivity index (χ3n) is 2.43. The third-order valence-corrected chi connectivity index (χ3v) is 4.67. The quantitative estimate of drug-likeness (QED) is 0.528. The molecule has 0 aliphatic carbocycles. The Hall–Kier alpha value is -0.780. The van der Waals surface area contributed by atoms with Crippen molar-refractivity contribution in [3.63, 3.8) is 0 Å². The highest BCUT2D eigenvalue weighted by Crippen LogP contribution is 2.48. The fourth-order valence-corrected chi connectivity index (χ4v) is 2.65. The van der Waals surface area contributed by atoms with Crippen molar-refractivity contribution < 1.29 is 19.1 Å². The molecule has 0 aliphatic heterocycles. The van der Waals surface area contributed by atoms with Gasteiger partial charge in [0.05, 0.1) is 20.6 Å². The molecule has 2 rings (SSSR count). The Morgan fingerprint density at radius 3 is 2.05 bits per heavy atom. The average Bonchev–Trinajstić information content (AvgIpc) is 2.92. The second-order valence-corrected chi connectivity index (χ2v) is 5.68. The predicted molar refractivity (Wildman–Crippen MR) is 81.5 cm³/mol. The molecule has 0 bridgehead atoms. The maximum absolute atomic E-state index is 10.7. The molecule has 0 saturated heterocycles. The fraction of sp³-hybridized carbons (Fsp3) is 0.0833. The fourth-order valence-electron chi connectivity index (χ4n) is 1.42. The molecule has 0 atom stereocenters. The largest absolute Gasteiger partial charge is 0.482 e. The van der Waals surface area contributed by atoms with E-state index in [1.807, 2.05) is 0 Å². The summed E-state index contributed by atoms with van der Waals surface area (Å²) < 4.78 is 10.4. The van der Waals surface area contributed by atoms with E-state index in [1.165, 1.54) is 6.07 Å². The summed E-state index contributed by atoms with van der Waals surface area (Å²) in [4.78, 5) is 10.7. The molecule has 21 heavy (non-hydrogen) atoms. The first-order chi connectivity index (χ1) is 9.82. The molecule has 0 radical (unpaired) electrons. The van der Waals surface area contributed by atoms with E-state index in [9.17, 15) is 4.79 Å². The third kappa shape index (κ3) is 3.35. The van der Waals surface area contributed by atoms with E-state index in [0.717, 1.165) is 6.26 Å². The van der Waals surface area contributed by atoms with Crippen LogP contribution in [0.2, 0.25) is 25.1 Å². The van der Waals surface area contributed by atoms with Crippen molar-refractivity contribution in [2.24, 2.45) is 0 Å². The van der Waals surface area contributed by atoms with Gasteiger partial charge < -0.3 is 14.3 Å². The molecular formula is C12H5Cl5O4. The minimum atomic E-state index is -1.11. The topological polar surface area (TPSA) is 59.7 Å². The Morgan fingerprint density at radius 2 is 1.57 bits per heavy atom. The van der Waals surface area contributed by atoms with Crippen LogP contribution in [-0.4, -0.2) is 11.1 Å². The van der Waals surface area contributed by atoms with Crippen LogP contribution in [0.15, 0.2) is 16.7 Å². The Balaban J connectivity index is 2.26. The number of hydrogen-bond donors (Lipinski definition) is 1. The van der Waals surface area contributed by atoms with Gasteiger partial charge in [-0.05, 0) is 6.07 Å². The Labute approximate surface area is 144 Å². The smallest absolute Gasteiger partial charge is 0.338 e. The summed E-state index contributed by atoms with van der Waals surface area (Å²) in [6.07, 6.45) is 1.09. The second kappa shape index (κ2) is 6.55. The molecular weight excluding hydrogens is 385 g/mol. The van der Waals surface area contributed by atoms with Crippen LogP contribution < -0.4 is 4.74 Å². The van der Waals surface area contributed by atoms with Crippen molar-refractivity contribution in [1.29, 1.82) is 0 Å². The van der Waals surface area contributed by atoms with Crippen molar-refractivity contribution in [1.82, 2.24) is 0 Å². The predicted octanol–water partition coefficient (Wildman–Crippen LogP) is 5.82. The van der Waals surface area contributed by atoms with Crippen LogP contribution in [0.1, 0.15) is 16.1 Å². The number of ether oxygens (including phenoxy) is 1. The lowest BCUT2D eigenvalue weighted by atomic mass is 10.3. The number of rotatable bonds is 4. The number of benzene rings is 1. The molecule has 0 aliphatic rings. The number of furan rings is 1. The zero-order valence-electron chi connectivity index (χ0n) is 9.92. The van der Waals surface area contributed by atoms with Gasteiger partial charge in [0.1, 0.15) is 28.7 Å². The van der Waals surface area contributed by atoms with Gasteiger partial charge in [-0.15, -0.1) is 0 Å². The van der Waals surface area contributed by atoms with Gasteiger partial charge >= 0.3 is 5.97 Å². The van der Waals surface area contributed by atoms with E-state index >= 15 is 0 Å². The maximum atomic E-state index is 10.7. The van der Waals surface area contributed by atoms with E-state index in [0.29, 0.717) is 0 Å². The highest BCUT2D eigenvalue weighted by Gasteiger charge is 2.21. The molecule has 2 aromatic rings. The van der Waals surface area contributed by atoms with Crippen molar-refractivity contribution in [2.75, 3.05) is 0 Å². The second-order valence-electron chi connectivity index (χ2n) is 3.79. The molecule has 0 amide bonds. The molecule has 0 saturated carbocycles. The lowest BCUT2D eigenvalue weighted by Gasteiger charge is -2.12. The van der Waals surface area contributed by atoms with Crippen molar-refractivity contribution in [2.45, 2.75) is 6.61 Å². The standard InChI is InChI=1S/C12H5Cl5O4/c13-6-7(14)9(16)11(10(17)8(6)15)21-3-5-1-4(2-20-5)12(18)19/h1-2H,3H2,(H,18,19). The number of carboxylic acid groups (broad SMARTS) is 1. The summed E-state index contributed by atoms with van der Waals surface area (Å²) in [5, 5.41) is 8.82. The number of aromatic carboxylic acids is 1. The number of carbonyl (C=O) groups is 1. The normalized spacial score (nSPS) is 10.7. The summed E-state index contributed by atoms with van der Waals surface area (Å²) in [6.45, 7) is -0.110. The Bertz CT molecular complexity index is 681. The maximum Gasteiger partial charge on any atom is 0.338 e. The van der Waals surface area contributed by atoms with Gasteiger partial charge in [0, 0.05) is 0 Å². The average molecular weight is 390 g/mol. The minimum absolute atomic E-state index is 0.00100. The first-order valence-corrected chi connectivity index (χ1v) is 7.16. The van der Waals surface area contributed by atoms with Crippen molar-refractivity contribution in [3.05, 3.63) is 48.8 Å². The van der Waals surface area contributed by atoms with E-state index in [4.69, 9.17) is 72.3 Å². The lowest BCUT2D eigenvalue weighted by molar-refractivity contribution is 0.0696. The molecule has 1 aromatic carbocycles. The van der Waals surface area contributed by atoms with Gasteiger partial charge in [0.25, 0.3) is 0 Å². The highest BCUT2D eigenvalue weighted by atomic mass is 35.5. The van der Waals surface area contributed by atoms with Gasteiger partial charge in [0.2, 0.25) is 0 Å². The molecule has 1 aromatic heterocycles. The lowest BCUT2D eigenvalue weighted by Crippen LogP contribution is -1.97. The number of carboxylic acids is 1. The van der Waals surface area contributed by atoms with Crippen molar-refractivity contribution in [3.8, 4) is 5.75 Å². The van der Waals surface area contributed by atoms with Crippen LogP contribution in [0.25, 0.3) is 0 Å². The number of hydrogen-bond acceptors (Lipinski definition) is 3. The van der Waals surface area contributed by atoms with E-state index in [-0.39, 0.29) is 48.8 Å². The summed E-state index contributed by atoms with van der Waals surface area (Å²) in [7, 11) is 0. The monoisotopic (exact) mass is 388 g/mol. The summed E-state index contributed by atoms with van der Waals surface area (Å²) in [5.74, 6) is -0.814. The van der Waals surface area contributed by atoms with E-state index < -0.39 is 5.97 Å². The van der Waals surface area contributed by atoms with Gasteiger partial charge in [0.15, 0.2) is 5.75 Å². The Morgan fingerprint density at radius 1 is 1.05 bits per heavy atom. The van der Waals surface area contributed by atoms with E-state index in [2.05, 4.69) is 0 Å². The van der Waals surface area contributed by atoms with Crippen LogP contribution in [0.5, 0.6) is 5.75 Å². The van der Waals surface area contributed by atoms with Gasteiger partial charge in [-0.3, -0.25) is 0 Å². The molecule has 0 unspecified atom stereocenters. The van der Waals surface area contributed by atoms with Crippen LogP contribution >= 0.6 is 58.0 Å². The minimum Gasteiger partial charge on any atom is -0.482 e. The highest BCUT2D eigenvalue weighted by molar-refractivity contribution is 6.55. The SMILES string of the molecule is O=C(O)c1coc(COc2c(Cl)c(Cl)c(Cl)c(Cl)c2Cl)c1.